The molecule has 0 fully saturated rings. The lowest BCUT2D eigenvalue weighted by molar-refractivity contribution is 0.303. The fourth-order valence-electron chi connectivity index (χ4n) is 4.33. The first kappa shape index (κ1) is 20.9. The Bertz CT molecular complexity index is 1350. The number of rotatable bonds is 8. The minimum Gasteiger partial charge on any atom is -0.489 e. The molecule has 166 valence electrons. The van der Waals surface area contributed by atoms with Gasteiger partial charge in [-0.1, -0.05) is 55.8 Å². The van der Waals surface area contributed by atoms with Crippen LogP contribution in [0.15, 0.2) is 72.9 Å². The van der Waals surface area contributed by atoms with E-state index in [2.05, 4.69) is 99.8 Å². The molecule has 0 saturated heterocycles. The lowest BCUT2D eigenvalue weighted by Crippen LogP contribution is -2.00. The van der Waals surface area contributed by atoms with Gasteiger partial charge in [0.15, 0.2) is 0 Å². The fourth-order valence-corrected chi connectivity index (χ4v) is 4.33. The van der Waals surface area contributed by atoms with Gasteiger partial charge in [0.2, 0.25) is 5.82 Å². The van der Waals surface area contributed by atoms with Crippen LogP contribution in [0.25, 0.3) is 33.4 Å². The van der Waals surface area contributed by atoms with E-state index >= 15 is 0 Å². The molecular formula is C27H27N5O. The van der Waals surface area contributed by atoms with Crippen LogP contribution in [0.2, 0.25) is 0 Å². The average molecular weight is 438 g/mol. The summed E-state index contributed by atoms with van der Waals surface area (Å²) in [5, 5.41) is 15.5. The second kappa shape index (κ2) is 9.28. The molecule has 0 spiro atoms. The van der Waals surface area contributed by atoms with Gasteiger partial charge < -0.3 is 9.30 Å². The van der Waals surface area contributed by atoms with Crippen molar-refractivity contribution in [2.24, 2.45) is 0 Å². The largest absolute Gasteiger partial charge is 0.489 e. The monoisotopic (exact) mass is 437 g/mol. The Morgan fingerprint density at radius 2 is 1.76 bits per heavy atom. The lowest BCUT2D eigenvalue weighted by Gasteiger charge is -2.14. The van der Waals surface area contributed by atoms with E-state index < -0.39 is 0 Å². The smallest absolute Gasteiger partial charge is 0.204 e. The number of nitrogens with zero attached hydrogens (tertiary/aromatic N) is 4. The normalized spacial score (nSPS) is 11.2. The molecular weight excluding hydrogens is 410 g/mol. The van der Waals surface area contributed by atoms with Crippen LogP contribution in [0.5, 0.6) is 5.75 Å². The molecule has 33 heavy (non-hydrogen) atoms. The van der Waals surface area contributed by atoms with Gasteiger partial charge in [-0.3, -0.25) is 0 Å². The van der Waals surface area contributed by atoms with Crippen molar-refractivity contribution >= 4 is 10.9 Å². The predicted octanol–water partition coefficient (Wildman–Crippen LogP) is 6.04. The first-order chi connectivity index (χ1) is 16.3. The summed E-state index contributed by atoms with van der Waals surface area (Å²) < 4.78 is 8.63. The molecule has 0 saturated carbocycles. The van der Waals surface area contributed by atoms with Gasteiger partial charge in [0.05, 0.1) is 0 Å². The van der Waals surface area contributed by atoms with Crippen LogP contribution < -0.4 is 4.74 Å². The summed E-state index contributed by atoms with van der Waals surface area (Å²) in [7, 11) is 0. The van der Waals surface area contributed by atoms with E-state index in [0.717, 1.165) is 47.4 Å². The van der Waals surface area contributed by atoms with Crippen LogP contribution in [0.3, 0.4) is 0 Å². The van der Waals surface area contributed by atoms with Crippen molar-refractivity contribution in [2.45, 2.75) is 39.8 Å². The van der Waals surface area contributed by atoms with Gasteiger partial charge in [-0.2, -0.15) is 5.21 Å². The second-order valence-electron chi connectivity index (χ2n) is 8.13. The number of tetrazole rings is 1. The van der Waals surface area contributed by atoms with Crippen LogP contribution >= 0.6 is 0 Å². The van der Waals surface area contributed by atoms with E-state index in [9.17, 15) is 0 Å². The van der Waals surface area contributed by atoms with Gasteiger partial charge in [0.25, 0.3) is 0 Å². The van der Waals surface area contributed by atoms with Crippen molar-refractivity contribution in [2.75, 3.05) is 0 Å². The average Bonchev–Trinajstić information content (AvgIpc) is 3.54. The Morgan fingerprint density at radius 1 is 0.909 bits per heavy atom. The van der Waals surface area contributed by atoms with Crippen LogP contribution in [0.1, 0.15) is 31.4 Å². The topological polar surface area (TPSA) is 68.6 Å². The molecule has 0 aliphatic rings. The second-order valence-corrected chi connectivity index (χ2v) is 8.13. The molecule has 0 atom stereocenters. The third-order valence-electron chi connectivity index (χ3n) is 6.01. The Morgan fingerprint density at radius 3 is 2.52 bits per heavy atom. The van der Waals surface area contributed by atoms with Crippen molar-refractivity contribution in [1.82, 2.24) is 25.2 Å². The predicted molar refractivity (Wildman–Crippen MR) is 131 cm³/mol. The molecule has 3 aromatic carbocycles. The molecule has 0 amide bonds. The quantitative estimate of drug-likeness (QED) is 0.321. The van der Waals surface area contributed by atoms with Crippen LogP contribution in [-0.2, 0) is 19.6 Å². The van der Waals surface area contributed by atoms with E-state index in [1.54, 1.807) is 0 Å². The summed E-state index contributed by atoms with van der Waals surface area (Å²) in [6.07, 6.45) is 4.26. The Labute approximate surface area is 193 Å². The van der Waals surface area contributed by atoms with Crippen LogP contribution in [0, 0.1) is 0 Å². The number of nitrogens with one attached hydrogen (secondary N) is 1. The van der Waals surface area contributed by atoms with Crippen molar-refractivity contribution in [3.63, 3.8) is 0 Å². The van der Waals surface area contributed by atoms with E-state index in [0.29, 0.717) is 12.4 Å². The molecule has 5 rings (SSSR count). The maximum atomic E-state index is 6.35. The minimum atomic E-state index is 0.533. The number of ether oxygens (including phenoxy) is 1. The van der Waals surface area contributed by atoms with Gasteiger partial charge in [0.1, 0.15) is 12.4 Å². The molecule has 6 heteroatoms. The summed E-state index contributed by atoms with van der Waals surface area (Å²) in [5.74, 6) is 1.57. The molecule has 0 aliphatic heterocycles. The third-order valence-corrected chi connectivity index (χ3v) is 6.01. The highest BCUT2D eigenvalue weighted by Gasteiger charge is 2.12. The van der Waals surface area contributed by atoms with Crippen molar-refractivity contribution in [3.8, 4) is 28.3 Å². The summed E-state index contributed by atoms with van der Waals surface area (Å²) >= 11 is 0. The summed E-state index contributed by atoms with van der Waals surface area (Å²) in [5.41, 5.74) is 6.94. The molecule has 0 aliphatic carbocycles. The number of aryl methyl sites for hydroxylation is 2. The van der Waals surface area contributed by atoms with Gasteiger partial charge in [-0.05, 0) is 59.5 Å². The first-order valence-corrected chi connectivity index (χ1v) is 11.4. The molecule has 5 aromatic rings. The number of hydrogen-bond donors (Lipinski definition) is 1. The minimum absolute atomic E-state index is 0.533. The number of benzene rings is 3. The fraction of sp³-hybridized carbons (Fsp3) is 0.222. The van der Waals surface area contributed by atoms with E-state index in [1.807, 2.05) is 12.1 Å². The summed E-state index contributed by atoms with van der Waals surface area (Å²) in [6.45, 7) is 5.89. The van der Waals surface area contributed by atoms with E-state index in [1.165, 1.54) is 16.5 Å². The highest BCUT2D eigenvalue weighted by atomic mass is 16.5. The zero-order valence-electron chi connectivity index (χ0n) is 19.0. The van der Waals surface area contributed by atoms with E-state index in [-0.39, 0.29) is 0 Å². The highest BCUT2D eigenvalue weighted by Crippen LogP contribution is 2.31. The molecule has 0 radical (unpaired) electrons. The van der Waals surface area contributed by atoms with Crippen LogP contribution in [-0.4, -0.2) is 25.2 Å². The highest BCUT2D eigenvalue weighted by molar-refractivity contribution is 5.86. The first-order valence-electron chi connectivity index (χ1n) is 11.4. The Balaban J connectivity index is 1.36. The molecule has 2 heterocycles. The standard InChI is InChI=1S/C27H27N5O/c1-3-6-24-23-15-16-32(4-2)25(23)13-14-26(24)33-18-19-7-5-8-22(17-19)20-9-11-21(12-10-20)27-28-30-31-29-27/h5,7-17H,3-4,6,18H2,1-2H3,(H,28,29,30,31). The molecule has 6 nitrogen and oxygen atoms in total. The number of fused-ring (bicyclic) bond motifs is 1. The van der Waals surface area contributed by atoms with E-state index in [4.69, 9.17) is 4.74 Å². The molecule has 0 bridgehead atoms. The van der Waals surface area contributed by atoms with Crippen molar-refractivity contribution in [1.29, 1.82) is 0 Å². The third kappa shape index (κ3) is 4.24. The number of aromatic amines is 1. The molecule has 1 N–H and O–H groups in total. The van der Waals surface area contributed by atoms with Crippen molar-refractivity contribution in [3.05, 3.63) is 84.1 Å². The van der Waals surface area contributed by atoms with Gasteiger partial charge in [-0.15, -0.1) is 10.2 Å². The maximum Gasteiger partial charge on any atom is 0.204 e. The molecule has 0 unspecified atom stereocenters. The van der Waals surface area contributed by atoms with Gasteiger partial charge >= 0.3 is 0 Å². The number of hydrogen-bond acceptors (Lipinski definition) is 4. The zero-order chi connectivity index (χ0) is 22.6. The number of H-pyrrole nitrogens is 1. The van der Waals surface area contributed by atoms with Crippen LogP contribution in [0.4, 0.5) is 0 Å². The molecule has 2 aromatic heterocycles. The van der Waals surface area contributed by atoms with Gasteiger partial charge in [-0.25, -0.2) is 0 Å². The number of aromatic nitrogens is 5. The van der Waals surface area contributed by atoms with Crippen molar-refractivity contribution < 1.29 is 4.74 Å². The zero-order valence-corrected chi connectivity index (χ0v) is 19.0. The maximum absolute atomic E-state index is 6.35. The summed E-state index contributed by atoms with van der Waals surface area (Å²) in [4.78, 5) is 0. The Kier molecular flexibility index (Phi) is 5.89. The Hall–Kier alpha value is -3.93. The lowest BCUT2D eigenvalue weighted by atomic mass is 10.0. The SMILES string of the molecule is CCCc1c(OCc2cccc(-c3ccc(-c4nn[nH]n4)cc3)c2)ccc2c1ccn2CC. The summed E-state index contributed by atoms with van der Waals surface area (Å²) in [6, 6.07) is 23.2. The van der Waals surface area contributed by atoms with Gasteiger partial charge in [0, 0.05) is 34.8 Å².